The minimum Gasteiger partial charge on any atom is -0.493 e. The first-order chi connectivity index (χ1) is 14.1. The zero-order chi connectivity index (χ0) is 20.4. The number of nitrogens with zero attached hydrogens (tertiary/aromatic N) is 2. The van der Waals surface area contributed by atoms with Gasteiger partial charge >= 0.3 is 0 Å². The minimum atomic E-state index is -0.170. The maximum atomic E-state index is 12.8. The highest BCUT2D eigenvalue weighted by molar-refractivity contribution is 7.20. The van der Waals surface area contributed by atoms with Crippen molar-refractivity contribution < 1.29 is 14.3 Å². The van der Waals surface area contributed by atoms with Crippen LogP contribution in [0.1, 0.15) is 22.3 Å². The largest absolute Gasteiger partial charge is 0.493 e. The van der Waals surface area contributed by atoms with E-state index in [1.165, 1.54) is 11.3 Å². The summed E-state index contributed by atoms with van der Waals surface area (Å²) in [5, 5.41) is 8.54. The molecule has 2 heterocycles. The number of aromatic nitrogens is 2. The van der Waals surface area contributed by atoms with E-state index in [1.54, 1.807) is 25.3 Å². The molecule has 0 saturated carbocycles. The highest BCUT2D eigenvalue weighted by atomic mass is 32.1. The Morgan fingerprint density at radius 2 is 1.93 bits per heavy atom. The molecule has 2 aromatic heterocycles. The number of ether oxygens (including phenoxy) is 2. The van der Waals surface area contributed by atoms with Crippen LogP contribution in [0.5, 0.6) is 11.5 Å². The van der Waals surface area contributed by atoms with Gasteiger partial charge in [0.2, 0.25) is 0 Å². The van der Waals surface area contributed by atoms with Crippen molar-refractivity contribution in [3.05, 3.63) is 65.2 Å². The van der Waals surface area contributed by atoms with Gasteiger partial charge in [-0.1, -0.05) is 18.2 Å². The summed E-state index contributed by atoms with van der Waals surface area (Å²) in [6, 6.07) is 17.1. The Bertz CT molecular complexity index is 1160. The number of carbonyl (C=O) groups is 1. The Labute approximate surface area is 172 Å². The molecule has 0 fully saturated rings. The minimum absolute atomic E-state index is 0.170. The molecule has 0 unspecified atom stereocenters. The van der Waals surface area contributed by atoms with Crippen LogP contribution in [0, 0.1) is 6.92 Å². The summed E-state index contributed by atoms with van der Waals surface area (Å²) in [6.07, 6.45) is 0. The van der Waals surface area contributed by atoms with Gasteiger partial charge in [0, 0.05) is 17.1 Å². The third kappa shape index (κ3) is 3.69. The van der Waals surface area contributed by atoms with Gasteiger partial charge in [-0.3, -0.25) is 4.79 Å². The standard InChI is InChI=1S/C22H21N3O3S/c1-4-28-18-11-10-15(12-19(18)27-3)23-21(26)20-13-17-14(2)24-25(22(17)29-20)16-8-6-5-7-9-16/h5-13H,4H2,1-3H3,(H,23,26). The SMILES string of the molecule is CCOc1ccc(NC(=O)c2cc3c(C)nn(-c4ccccc4)c3s2)cc1OC. The molecule has 0 atom stereocenters. The summed E-state index contributed by atoms with van der Waals surface area (Å²) in [6.45, 7) is 4.41. The molecule has 4 rings (SSSR count). The number of aryl methyl sites for hydroxylation is 1. The van der Waals surface area contributed by atoms with Crippen LogP contribution in [0.4, 0.5) is 5.69 Å². The van der Waals surface area contributed by atoms with Crippen LogP contribution < -0.4 is 14.8 Å². The Balaban J connectivity index is 1.63. The molecule has 29 heavy (non-hydrogen) atoms. The first-order valence-electron chi connectivity index (χ1n) is 9.27. The predicted molar refractivity (Wildman–Crippen MR) is 116 cm³/mol. The van der Waals surface area contributed by atoms with E-state index in [0.29, 0.717) is 28.7 Å². The molecule has 0 aliphatic rings. The molecule has 0 aliphatic carbocycles. The predicted octanol–water partition coefficient (Wildman–Crippen LogP) is 5.06. The fraction of sp³-hybridized carbons (Fsp3) is 0.182. The first-order valence-corrected chi connectivity index (χ1v) is 10.1. The Morgan fingerprint density at radius 3 is 2.66 bits per heavy atom. The zero-order valence-corrected chi connectivity index (χ0v) is 17.2. The monoisotopic (exact) mass is 407 g/mol. The van der Waals surface area contributed by atoms with E-state index in [2.05, 4.69) is 10.4 Å². The van der Waals surface area contributed by atoms with E-state index >= 15 is 0 Å². The smallest absolute Gasteiger partial charge is 0.265 e. The van der Waals surface area contributed by atoms with Gasteiger partial charge in [-0.25, -0.2) is 4.68 Å². The van der Waals surface area contributed by atoms with Crippen LogP contribution in [0.2, 0.25) is 0 Å². The van der Waals surface area contributed by atoms with Crippen molar-refractivity contribution in [3.8, 4) is 17.2 Å². The topological polar surface area (TPSA) is 65.4 Å². The van der Waals surface area contributed by atoms with Crippen molar-refractivity contribution in [2.45, 2.75) is 13.8 Å². The molecule has 7 heteroatoms. The van der Waals surface area contributed by atoms with Crippen LogP contribution in [-0.2, 0) is 0 Å². The van der Waals surface area contributed by atoms with Gasteiger partial charge in [-0.2, -0.15) is 5.10 Å². The second-order valence-corrected chi connectivity index (χ2v) is 7.45. The number of nitrogens with one attached hydrogen (secondary N) is 1. The summed E-state index contributed by atoms with van der Waals surface area (Å²) in [4.78, 5) is 14.4. The van der Waals surface area contributed by atoms with Gasteiger partial charge in [0.05, 0.1) is 30.0 Å². The van der Waals surface area contributed by atoms with E-state index in [1.807, 2.05) is 54.9 Å². The molecule has 0 radical (unpaired) electrons. The van der Waals surface area contributed by atoms with E-state index in [4.69, 9.17) is 9.47 Å². The van der Waals surface area contributed by atoms with Crippen LogP contribution in [0.25, 0.3) is 15.9 Å². The lowest BCUT2D eigenvalue weighted by Gasteiger charge is -2.11. The number of anilines is 1. The lowest BCUT2D eigenvalue weighted by Crippen LogP contribution is -2.10. The Kier molecular flexibility index (Phi) is 5.22. The Morgan fingerprint density at radius 1 is 1.14 bits per heavy atom. The number of methoxy groups -OCH3 is 1. The normalized spacial score (nSPS) is 10.9. The van der Waals surface area contributed by atoms with Gasteiger partial charge in [0.25, 0.3) is 5.91 Å². The van der Waals surface area contributed by atoms with Crippen molar-refractivity contribution in [1.29, 1.82) is 0 Å². The summed E-state index contributed by atoms with van der Waals surface area (Å²) >= 11 is 1.42. The molecule has 1 N–H and O–H groups in total. The molecule has 0 bridgehead atoms. The second kappa shape index (κ2) is 7.97. The lowest BCUT2D eigenvalue weighted by atomic mass is 10.2. The van der Waals surface area contributed by atoms with E-state index < -0.39 is 0 Å². The maximum absolute atomic E-state index is 12.8. The fourth-order valence-electron chi connectivity index (χ4n) is 3.12. The number of fused-ring (bicyclic) bond motifs is 1. The van der Waals surface area contributed by atoms with Gasteiger partial charge in [-0.05, 0) is 44.2 Å². The van der Waals surface area contributed by atoms with Crippen LogP contribution in [0.15, 0.2) is 54.6 Å². The third-order valence-corrected chi connectivity index (χ3v) is 5.60. The van der Waals surface area contributed by atoms with Crippen molar-refractivity contribution >= 4 is 33.1 Å². The molecule has 148 valence electrons. The highest BCUT2D eigenvalue weighted by Crippen LogP contribution is 2.33. The number of carbonyl (C=O) groups excluding carboxylic acids is 1. The van der Waals surface area contributed by atoms with E-state index in [0.717, 1.165) is 21.6 Å². The lowest BCUT2D eigenvalue weighted by molar-refractivity contribution is 0.103. The first kappa shape index (κ1) is 19.0. The molecule has 0 aliphatic heterocycles. The number of hydrogen-bond donors (Lipinski definition) is 1. The highest BCUT2D eigenvalue weighted by Gasteiger charge is 2.18. The molecule has 4 aromatic rings. The summed E-state index contributed by atoms with van der Waals surface area (Å²) in [5.41, 5.74) is 2.51. The summed E-state index contributed by atoms with van der Waals surface area (Å²) in [7, 11) is 1.58. The molecular formula is C22H21N3O3S. The van der Waals surface area contributed by atoms with Gasteiger partial charge in [0.15, 0.2) is 11.5 Å². The average Bonchev–Trinajstić information content (AvgIpc) is 3.31. The maximum Gasteiger partial charge on any atom is 0.265 e. The Hall–Kier alpha value is -3.32. The third-order valence-electron chi connectivity index (χ3n) is 4.49. The molecule has 1 amide bonds. The molecule has 6 nitrogen and oxygen atoms in total. The van der Waals surface area contributed by atoms with Crippen molar-refractivity contribution in [1.82, 2.24) is 9.78 Å². The van der Waals surface area contributed by atoms with Crippen molar-refractivity contribution in [3.63, 3.8) is 0 Å². The second-order valence-electron chi connectivity index (χ2n) is 6.42. The quantitative estimate of drug-likeness (QED) is 0.485. The van der Waals surface area contributed by atoms with Gasteiger partial charge in [-0.15, -0.1) is 11.3 Å². The number of para-hydroxylation sites is 1. The molecule has 0 spiro atoms. The van der Waals surface area contributed by atoms with Gasteiger partial charge in [0.1, 0.15) is 4.83 Å². The zero-order valence-electron chi connectivity index (χ0n) is 16.4. The number of benzene rings is 2. The number of hydrogen-bond acceptors (Lipinski definition) is 5. The average molecular weight is 407 g/mol. The number of thiophene rings is 1. The van der Waals surface area contributed by atoms with Crippen LogP contribution in [-0.4, -0.2) is 29.4 Å². The van der Waals surface area contributed by atoms with Crippen LogP contribution >= 0.6 is 11.3 Å². The molecule has 2 aromatic carbocycles. The van der Waals surface area contributed by atoms with Gasteiger partial charge < -0.3 is 14.8 Å². The fourth-order valence-corrected chi connectivity index (χ4v) is 4.19. The van der Waals surface area contributed by atoms with E-state index in [-0.39, 0.29) is 5.91 Å². The van der Waals surface area contributed by atoms with E-state index in [9.17, 15) is 4.79 Å². The van der Waals surface area contributed by atoms with Crippen LogP contribution in [0.3, 0.4) is 0 Å². The van der Waals surface area contributed by atoms with Crippen molar-refractivity contribution in [2.75, 3.05) is 19.0 Å². The molecule has 0 saturated heterocycles. The number of rotatable bonds is 6. The van der Waals surface area contributed by atoms with Crippen molar-refractivity contribution in [2.24, 2.45) is 0 Å². The summed E-state index contributed by atoms with van der Waals surface area (Å²) in [5.74, 6) is 1.06. The molecular weight excluding hydrogens is 386 g/mol. The summed E-state index contributed by atoms with van der Waals surface area (Å²) < 4.78 is 12.8. The number of amides is 1.